The molecule has 1 amide bonds. The lowest BCUT2D eigenvalue weighted by atomic mass is 9.87. The third-order valence-corrected chi connectivity index (χ3v) is 8.45. The van der Waals surface area contributed by atoms with Gasteiger partial charge < -0.3 is 15.2 Å². The van der Waals surface area contributed by atoms with E-state index in [-0.39, 0.29) is 17.0 Å². The van der Waals surface area contributed by atoms with Gasteiger partial charge in [0.15, 0.2) is 0 Å². The number of hydrogen-bond donors (Lipinski definition) is 2. The summed E-state index contributed by atoms with van der Waals surface area (Å²) < 4.78 is 6.22. The Morgan fingerprint density at radius 3 is 2.23 bits per heavy atom. The van der Waals surface area contributed by atoms with Gasteiger partial charge >= 0.3 is 5.97 Å². The van der Waals surface area contributed by atoms with Crippen LogP contribution in [0, 0.1) is 11.8 Å². The SMILES string of the molecule is CC(C)(C)c1ccc(Oc2ccc3cc(C(=O)N[C@H](C(=O)O)C4CCCC4)nc(CC4CCCC4)c3c2)cc1. The van der Waals surface area contributed by atoms with Gasteiger partial charge in [-0.05, 0) is 77.8 Å². The minimum absolute atomic E-state index is 0.0259. The van der Waals surface area contributed by atoms with Gasteiger partial charge in [0.2, 0.25) is 0 Å². The highest BCUT2D eigenvalue weighted by Gasteiger charge is 2.32. The van der Waals surface area contributed by atoms with Crippen molar-refractivity contribution in [3.8, 4) is 11.5 Å². The zero-order chi connectivity index (χ0) is 27.6. The highest BCUT2D eigenvalue weighted by molar-refractivity contribution is 5.99. The van der Waals surface area contributed by atoms with Crippen molar-refractivity contribution in [2.45, 2.75) is 90.0 Å². The number of pyridine rings is 1. The fourth-order valence-corrected chi connectivity index (χ4v) is 6.17. The number of hydrogen-bond acceptors (Lipinski definition) is 4. The molecule has 1 heterocycles. The molecule has 2 aromatic carbocycles. The van der Waals surface area contributed by atoms with Crippen LogP contribution in [-0.4, -0.2) is 28.0 Å². The first-order valence-corrected chi connectivity index (χ1v) is 14.4. The second kappa shape index (κ2) is 11.4. The summed E-state index contributed by atoms with van der Waals surface area (Å²) in [5.74, 6) is 0.628. The molecule has 39 heavy (non-hydrogen) atoms. The Labute approximate surface area is 231 Å². The molecule has 6 nitrogen and oxygen atoms in total. The van der Waals surface area contributed by atoms with Crippen LogP contribution >= 0.6 is 0 Å². The van der Waals surface area contributed by atoms with Crippen molar-refractivity contribution in [2.75, 3.05) is 0 Å². The normalized spacial score (nSPS) is 17.4. The van der Waals surface area contributed by atoms with E-state index < -0.39 is 17.9 Å². The molecule has 0 unspecified atom stereocenters. The minimum Gasteiger partial charge on any atom is -0.480 e. The minimum atomic E-state index is -0.973. The molecule has 2 aliphatic rings. The first-order valence-electron chi connectivity index (χ1n) is 14.4. The fraction of sp³-hybridized carbons (Fsp3) is 0.485. The van der Waals surface area contributed by atoms with E-state index in [4.69, 9.17) is 9.72 Å². The van der Waals surface area contributed by atoms with Crippen LogP contribution in [0.5, 0.6) is 11.5 Å². The number of nitrogens with zero attached hydrogens (tertiary/aromatic N) is 1. The summed E-state index contributed by atoms with van der Waals surface area (Å²) in [6.07, 6.45) is 9.26. The van der Waals surface area contributed by atoms with Crippen LogP contribution in [0.3, 0.4) is 0 Å². The molecule has 2 N–H and O–H groups in total. The predicted molar refractivity (Wildman–Crippen MR) is 153 cm³/mol. The number of carbonyl (C=O) groups is 2. The van der Waals surface area contributed by atoms with E-state index in [0.717, 1.165) is 60.1 Å². The molecule has 0 bridgehead atoms. The smallest absolute Gasteiger partial charge is 0.326 e. The molecule has 2 saturated carbocycles. The Balaban J connectivity index is 1.43. The number of ether oxygens (including phenoxy) is 1. The molecule has 6 heteroatoms. The van der Waals surface area contributed by atoms with Crippen molar-refractivity contribution < 1.29 is 19.4 Å². The van der Waals surface area contributed by atoms with Crippen LogP contribution in [0.25, 0.3) is 10.8 Å². The van der Waals surface area contributed by atoms with Crippen molar-refractivity contribution in [2.24, 2.45) is 11.8 Å². The van der Waals surface area contributed by atoms with Crippen molar-refractivity contribution in [3.63, 3.8) is 0 Å². The predicted octanol–water partition coefficient (Wildman–Crippen LogP) is 7.43. The zero-order valence-corrected chi connectivity index (χ0v) is 23.3. The number of fused-ring (bicyclic) bond motifs is 1. The number of nitrogens with one attached hydrogen (secondary N) is 1. The molecule has 0 radical (unpaired) electrons. The van der Waals surface area contributed by atoms with E-state index in [9.17, 15) is 14.7 Å². The number of benzene rings is 2. The summed E-state index contributed by atoms with van der Waals surface area (Å²) >= 11 is 0. The summed E-state index contributed by atoms with van der Waals surface area (Å²) in [6, 6.07) is 15.0. The number of carboxylic acid groups (broad SMARTS) is 1. The van der Waals surface area contributed by atoms with Crippen LogP contribution in [0.4, 0.5) is 0 Å². The molecule has 1 aromatic heterocycles. The maximum atomic E-state index is 13.3. The van der Waals surface area contributed by atoms with Gasteiger partial charge in [0, 0.05) is 11.1 Å². The first-order chi connectivity index (χ1) is 18.7. The summed E-state index contributed by atoms with van der Waals surface area (Å²) in [4.78, 5) is 30.1. The maximum Gasteiger partial charge on any atom is 0.326 e. The van der Waals surface area contributed by atoms with Crippen LogP contribution in [0.15, 0.2) is 48.5 Å². The summed E-state index contributed by atoms with van der Waals surface area (Å²) in [7, 11) is 0. The maximum absolute atomic E-state index is 13.3. The van der Waals surface area contributed by atoms with Crippen molar-refractivity contribution in [3.05, 3.63) is 65.5 Å². The van der Waals surface area contributed by atoms with Crippen LogP contribution in [0.2, 0.25) is 0 Å². The molecule has 0 aliphatic heterocycles. The molecule has 1 atom stereocenters. The highest BCUT2D eigenvalue weighted by atomic mass is 16.5. The number of carbonyl (C=O) groups excluding carboxylic acids is 1. The molecule has 2 fully saturated rings. The van der Waals surface area contributed by atoms with Gasteiger partial charge in [0.1, 0.15) is 23.2 Å². The second-order valence-electron chi connectivity index (χ2n) is 12.4. The topological polar surface area (TPSA) is 88.5 Å². The van der Waals surface area contributed by atoms with Gasteiger partial charge in [0.25, 0.3) is 5.91 Å². The summed E-state index contributed by atoms with van der Waals surface area (Å²) in [5, 5.41) is 14.5. The van der Waals surface area contributed by atoms with E-state index in [1.165, 1.54) is 31.2 Å². The molecule has 5 rings (SSSR count). The van der Waals surface area contributed by atoms with E-state index in [0.29, 0.717) is 5.92 Å². The molecule has 2 aliphatic carbocycles. The lowest BCUT2D eigenvalue weighted by Crippen LogP contribution is -2.45. The number of rotatable bonds is 8. The number of carboxylic acids is 1. The molecular weight excluding hydrogens is 488 g/mol. The standard InChI is InChI=1S/C33H40N2O4/c1-33(2,3)24-13-16-25(17-14-24)39-26-15-12-23-19-29(31(36)35-30(32(37)38)22-10-6-7-11-22)34-28(27(23)20-26)18-21-8-4-5-9-21/h12-17,19-22,30H,4-11,18H2,1-3H3,(H,35,36)(H,37,38)/t30-/m0/s1. The van der Waals surface area contributed by atoms with E-state index >= 15 is 0 Å². The Kier molecular flexibility index (Phi) is 7.92. The number of aromatic nitrogens is 1. The third kappa shape index (κ3) is 6.43. The second-order valence-corrected chi connectivity index (χ2v) is 12.4. The number of aliphatic carboxylic acids is 1. The van der Waals surface area contributed by atoms with E-state index in [2.05, 4.69) is 38.2 Å². The van der Waals surface area contributed by atoms with Gasteiger partial charge in [0.05, 0.1) is 0 Å². The quantitative estimate of drug-likeness (QED) is 0.317. The van der Waals surface area contributed by atoms with Gasteiger partial charge in [-0.1, -0.05) is 77.5 Å². The van der Waals surface area contributed by atoms with Crippen LogP contribution in [0.1, 0.15) is 93.9 Å². The van der Waals surface area contributed by atoms with Crippen molar-refractivity contribution >= 4 is 22.6 Å². The Bertz CT molecular complexity index is 1330. The Morgan fingerprint density at radius 2 is 1.59 bits per heavy atom. The fourth-order valence-electron chi connectivity index (χ4n) is 6.17. The molecule has 0 spiro atoms. The summed E-state index contributed by atoms with van der Waals surface area (Å²) in [6.45, 7) is 6.57. The molecule has 3 aromatic rings. The number of amides is 1. The lowest BCUT2D eigenvalue weighted by Gasteiger charge is -2.21. The Hall–Kier alpha value is -3.41. The average Bonchev–Trinajstić information content (AvgIpc) is 3.62. The largest absolute Gasteiger partial charge is 0.480 e. The summed E-state index contributed by atoms with van der Waals surface area (Å²) in [5.41, 5.74) is 2.49. The van der Waals surface area contributed by atoms with E-state index in [1.54, 1.807) is 6.07 Å². The third-order valence-electron chi connectivity index (χ3n) is 8.45. The van der Waals surface area contributed by atoms with Crippen LogP contribution in [-0.2, 0) is 16.6 Å². The Morgan fingerprint density at radius 1 is 0.949 bits per heavy atom. The average molecular weight is 529 g/mol. The van der Waals surface area contributed by atoms with Crippen molar-refractivity contribution in [1.29, 1.82) is 0 Å². The van der Waals surface area contributed by atoms with Gasteiger partial charge in [-0.3, -0.25) is 4.79 Å². The van der Waals surface area contributed by atoms with Gasteiger partial charge in [-0.2, -0.15) is 0 Å². The van der Waals surface area contributed by atoms with Gasteiger partial charge in [-0.15, -0.1) is 0 Å². The molecule has 206 valence electrons. The van der Waals surface area contributed by atoms with Crippen LogP contribution < -0.4 is 10.1 Å². The first kappa shape index (κ1) is 27.2. The zero-order valence-electron chi connectivity index (χ0n) is 23.3. The van der Waals surface area contributed by atoms with Gasteiger partial charge in [-0.25, -0.2) is 9.78 Å². The molecule has 0 saturated heterocycles. The van der Waals surface area contributed by atoms with Crippen molar-refractivity contribution in [1.82, 2.24) is 10.3 Å². The highest BCUT2D eigenvalue weighted by Crippen LogP contribution is 2.34. The van der Waals surface area contributed by atoms with E-state index in [1.807, 2.05) is 30.3 Å². The molecular formula is C33H40N2O4. The lowest BCUT2D eigenvalue weighted by molar-refractivity contribution is -0.140. The monoisotopic (exact) mass is 528 g/mol.